The van der Waals surface area contributed by atoms with Crippen molar-refractivity contribution in [2.24, 2.45) is 0 Å². The number of halogens is 2. The first-order valence-corrected chi connectivity index (χ1v) is 10.1. The maximum Gasteiger partial charge on any atom is 0.264 e. The monoisotopic (exact) mass is 416 g/mol. The zero-order valence-corrected chi connectivity index (χ0v) is 16.3. The lowest BCUT2D eigenvalue weighted by Gasteiger charge is -2.24. The Labute approximate surface area is 167 Å². The SMILES string of the molecule is Cc1ccc(N(CC(=O)Nc2ccc(F)c(F)c2)S(=O)(=O)c2ccccc2)cc1. The van der Waals surface area contributed by atoms with Crippen molar-refractivity contribution in [1.29, 1.82) is 0 Å². The number of nitrogens with zero attached hydrogens (tertiary/aromatic N) is 1. The molecule has 3 rings (SSSR count). The van der Waals surface area contributed by atoms with E-state index in [1.54, 1.807) is 42.5 Å². The summed E-state index contributed by atoms with van der Waals surface area (Å²) < 4.78 is 53.7. The summed E-state index contributed by atoms with van der Waals surface area (Å²) in [6.45, 7) is 1.31. The van der Waals surface area contributed by atoms with Gasteiger partial charge in [0, 0.05) is 11.8 Å². The normalized spacial score (nSPS) is 11.1. The summed E-state index contributed by atoms with van der Waals surface area (Å²) >= 11 is 0. The fourth-order valence-electron chi connectivity index (χ4n) is 2.65. The number of anilines is 2. The maximum atomic E-state index is 13.4. The van der Waals surface area contributed by atoms with Gasteiger partial charge in [-0.15, -0.1) is 0 Å². The molecule has 8 heteroatoms. The van der Waals surface area contributed by atoms with Crippen LogP contribution < -0.4 is 9.62 Å². The summed E-state index contributed by atoms with van der Waals surface area (Å²) in [6, 6.07) is 17.3. The van der Waals surface area contributed by atoms with Gasteiger partial charge in [-0.2, -0.15) is 0 Å². The van der Waals surface area contributed by atoms with Gasteiger partial charge in [0.25, 0.3) is 10.0 Å². The van der Waals surface area contributed by atoms with E-state index >= 15 is 0 Å². The van der Waals surface area contributed by atoms with Crippen LogP contribution in [0.2, 0.25) is 0 Å². The largest absolute Gasteiger partial charge is 0.324 e. The second kappa shape index (κ2) is 8.40. The lowest BCUT2D eigenvalue weighted by molar-refractivity contribution is -0.114. The molecule has 0 bridgehead atoms. The van der Waals surface area contributed by atoms with Crippen LogP contribution in [0.15, 0.2) is 77.7 Å². The Morgan fingerprint density at radius 3 is 2.21 bits per heavy atom. The van der Waals surface area contributed by atoms with Crippen LogP contribution in [-0.2, 0) is 14.8 Å². The van der Waals surface area contributed by atoms with E-state index in [1.807, 2.05) is 6.92 Å². The third-order valence-corrected chi connectivity index (χ3v) is 5.93. The molecule has 0 aliphatic rings. The van der Waals surface area contributed by atoms with Crippen LogP contribution in [-0.4, -0.2) is 20.9 Å². The van der Waals surface area contributed by atoms with E-state index in [0.29, 0.717) is 5.69 Å². The van der Waals surface area contributed by atoms with Crippen molar-refractivity contribution in [3.8, 4) is 0 Å². The molecule has 0 saturated carbocycles. The number of benzene rings is 3. The second-order valence-corrected chi connectivity index (χ2v) is 8.20. The molecule has 0 radical (unpaired) electrons. The number of nitrogens with one attached hydrogen (secondary N) is 1. The highest BCUT2D eigenvalue weighted by Gasteiger charge is 2.27. The molecular weight excluding hydrogens is 398 g/mol. The maximum absolute atomic E-state index is 13.4. The number of amides is 1. The lowest BCUT2D eigenvalue weighted by atomic mass is 10.2. The molecule has 3 aromatic carbocycles. The van der Waals surface area contributed by atoms with E-state index in [0.717, 1.165) is 22.0 Å². The average Bonchev–Trinajstić information content (AvgIpc) is 2.70. The molecule has 3 aromatic rings. The first-order valence-electron chi connectivity index (χ1n) is 8.67. The van der Waals surface area contributed by atoms with Crippen LogP contribution in [0.4, 0.5) is 20.2 Å². The third-order valence-electron chi connectivity index (χ3n) is 4.14. The minimum absolute atomic E-state index is 0.0230. The van der Waals surface area contributed by atoms with Crippen LogP contribution in [0.1, 0.15) is 5.56 Å². The molecule has 1 N–H and O–H groups in total. The zero-order valence-electron chi connectivity index (χ0n) is 15.5. The predicted octanol–water partition coefficient (Wildman–Crippen LogP) is 4.11. The predicted molar refractivity (Wildman–Crippen MR) is 107 cm³/mol. The van der Waals surface area contributed by atoms with E-state index in [9.17, 15) is 22.0 Å². The fourth-order valence-corrected chi connectivity index (χ4v) is 4.09. The molecule has 0 aliphatic carbocycles. The molecule has 150 valence electrons. The first-order chi connectivity index (χ1) is 13.8. The standard InChI is InChI=1S/C21H18F2N2O3S/c1-15-7-10-17(11-8-15)25(29(27,28)18-5-3-2-4-6-18)14-21(26)24-16-9-12-19(22)20(23)13-16/h2-13H,14H2,1H3,(H,24,26). The van der Waals surface area contributed by atoms with E-state index in [2.05, 4.69) is 5.32 Å². The molecule has 0 fully saturated rings. The van der Waals surface area contributed by atoms with Gasteiger partial charge < -0.3 is 5.32 Å². The molecule has 5 nitrogen and oxygen atoms in total. The van der Waals surface area contributed by atoms with Crippen LogP contribution in [0.5, 0.6) is 0 Å². The number of sulfonamides is 1. The van der Waals surface area contributed by atoms with E-state index < -0.39 is 34.1 Å². The van der Waals surface area contributed by atoms with Gasteiger partial charge in [0.15, 0.2) is 11.6 Å². The number of hydrogen-bond acceptors (Lipinski definition) is 3. The molecule has 29 heavy (non-hydrogen) atoms. The molecule has 0 aromatic heterocycles. The Bertz CT molecular complexity index is 1120. The minimum Gasteiger partial charge on any atom is -0.324 e. The Morgan fingerprint density at radius 2 is 1.59 bits per heavy atom. The van der Waals surface area contributed by atoms with E-state index in [1.165, 1.54) is 18.2 Å². The number of carbonyl (C=O) groups excluding carboxylic acids is 1. The van der Waals surface area contributed by atoms with Crippen LogP contribution in [0, 0.1) is 18.6 Å². The molecule has 0 heterocycles. The second-order valence-electron chi connectivity index (χ2n) is 6.34. The molecule has 0 spiro atoms. The Kier molecular flexibility index (Phi) is 5.93. The Hall–Kier alpha value is -3.26. The molecular formula is C21H18F2N2O3S. The Morgan fingerprint density at radius 1 is 0.931 bits per heavy atom. The zero-order chi connectivity index (χ0) is 21.0. The van der Waals surface area contributed by atoms with Crippen molar-refractivity contribution < 1.29 is 22.0 Å². The number of carbonyl (C=O) groups is 1. The van der Waals surface area contributed by atoms with Crippen LogP contribution >= 0.6 is 0 Å². The number of aryl methyl sites for hydroxylation is 1. The van der Waals surface area contributed by atoms with Gasteiger partial charge in [0.2, 0.25) is 5.91 Å². The summed E-state index contributed by atoms with van der Waals surface area (Å²) in [4.78, 5) is 12.5. The first kappa shape index (κ1) is 20.5. The topological polar surface area (TPSA) is 66.5 Å². The summed E-state index contributed by atoms with van der Waals surface area (Å²) in [6.07, 6.45) is 0. The smallest absolute Gasteiger partial charge is 0.264 e. The minimum atomic E-state index is -4.03. The van der Waals surface area contributed by atoms with Gasteiger partial charge >= 0.3 is 0 Å². The van der Waals surface area contributed by atoms with Gasteiger partial charge in [-0.1, -0.05) is 35.9 Å². The highest BCUT2D eigenvalue weighted by molar-refractivity contribution is 7.92. The van der Waals surface area contributed by atoms with Crippen LogP contribution in [0.3, 0.4) is 0 Å². The van der Waals surface area contributed by atoms with Gasteiger partial charge in [-0.05, 0) is 43.3 Å². The summed E-state index contributed by atoms with van der Waals surface area (Å²) in [5.41, 5.74) is 1.26. The number of rotatable bonds is 6. The lowest BCUT2D eigenvalue weighted by Crippen LogP contribution is -2.38. The molecule has 0 saturated heterocycles. The molecule has 1 amide bonds. The van der Waals surface area contributed by atoms with Gasteiger partial charge in [-0.25, -0.2) is 17.2 Å². The fraction of sp³-hybridized carbons (Fsp3) is 0.0952. The highest BCUT2D eigenvalue weighted by Crippen LogP contribution is 2.24. The van der Waals surface area contributed by atoms with E-state index in [-0.39, 0.29) is 10.6 Å². The van der Waals surface area contributed by atoms with Crippen molar-refractivity contribution in [3.05, 3.63) is 90.0 Å². The highest BCUT2D eigenvalue weighted by atomic mass is 32.2. The molecule has 0 atom stereocenters. The summed E-state index contributed by atoms with van der Waals surface area (Å²) in [5.74, 6) is -2.86. The third kappa shape index (κ3) is 4.78. The van der Waals surface area contributed by atoms with Crippen molar-refractivity contribution in [3.63, 3.8) is 0 Å². The average molecular weight is 416 g/mol. The quantitative estimate of drug-likeness (QED) is 0.658. The van der Waals surface area contributed by atoms with E-state index in [4.69, 9.17) is 0 Å². The Balaban J connectivity index is 1.92. The van der Waals surface area contributed by atoms with Crippen LogP contribution in [0.25, 0.3) is 0 Å². The van der Waals surface area contributed by atoms with Gasteiger partial charge in [-0.3, -0.25) is 9.10 Å². The number of hydrogen-bond donors (Lipinski definition) is 1. The summed E-state index contributed by atoms with van der Waals surface area (Å²) in [5, 5.41) is 2.39. The van der Waals surface area contributed by atoms with Gasteiger partial charge in [0.1, 0.15) is 6.54 Å². The van der Waals surface area contributed by atoms with Crippen molar-refractivity contribution in [2.75, 3.05) is 16.2 Å². The van der Waals surface area contributed by atoms with Crippen molar-refractivity contribution in [2.45, 2.75) is 11.8 Å². The van der Waals surface area contributed by atoms with Crippen molar-refractivity contribution >= 4 is 27.3 Å². The van der Waals surface area contributed by atoms with Gasteiger partial charge in [0.05, 0.1) is 10.6 Å². The van der Waals surface area contributed by atoms with Crippen molar-refractivity contribution in [1.82, 2.24) is 0 Å². The molecule has 0 aliphatic heterocycles. The summed E-state index contributed by atoms with van der Waals surface area (Å²) in [7, 11) is -4.03. The molecule has 0 unspecified atom stereocenters.